The fourth-order valence-electron chi connectivity index (χ4n) is 3.18. The molecule has 1 aromatic carbocycles. The summed E-state index contributed by atoms with van der Waals surface area (Å²) in [7, 11) is 0. The molecular formula is C14H16N2O. The molecule has 2 aliphatic rings. The Kier molecular flexibility index (Phi) is 1.82. The quantitative estimate of drug-likeness (QED) is 0.750. The van der Waals surface area contributed by atoms with Crippen molar-refractivity contribution in [1.82, 2.24) is 4.98 Å². The van der Waals surface area contributed by atoms with Crippen LogP contribution in [0.25, 0.3) is 11.1 Å². The van der Waals surface area contributed by atoms with E-state index in [0.717, 1.165) is 30.2 Å². The van der Waals surface area contributed by atoms with Crippen LogP contribution >= 0.6 is 0 Å². The first-order valence-corrected chi connectivity index (χ1v) is 6.45. The molecule has 0 N–H and O–H groups in total. The maximum absolute atomic E-state index is 5.83. The summed E-state index contributed by atoms with van der Waals surface area (Å²) in [5, 5.41) is 0. The highest BCUT2D eigenvalue weighted by Crippen LogP contribution is 2.48. The minimum absolute atomic E-state index is 0.598. The van der Waals surface area contributed by atoms with Gasteiger partial charge < -0.3 is 9.32 Å². The van der Waals surface area contributed by atoms with Gasteiger partial charge in [-0.15, -0.1) is 0 Å². The van der Waals surface area contributed by atoms with Crippen LogP contribution in [0, 0.1) is 5.41 Å². The van der Waals surface area contributed by atoms with Gasteiger partial charge in [0.25, 0.3) is 6.01 Å². The number of nitrogens with zero attached hydrogens (tertiary/aromatic N) is 2. The third kappa shape index (κ3) is 1.38. The van der Waals surface area contributed by atoms with Crippen LogP contribution < -0.4 is 4.90 Å². The number of anilines is 1. The largest absolute Gasteiger partial charge is 0.423 e. The third-order valence-electron chi connectivity index (χ3n) is 4.41. The average molecular weight is 228 g/mol. The Morgan fingerprint density at radius 3 is 2.76 bits per heavy atom. The van der Waals surface area contributed by atoms with E-state index in [-0.39, 0.29) is 0 Å². The lowest BCUT2D eigenvalue weighted by Gasteiger charge is -2.37. The second-order valence-corrected chi connectivity index (χ2v) is 5.49. The van der Waals surface area contributed by atoms with Gasteiger partial charge in [0.05, 0.1) is 0 Å². The fourth-order valence-corrected chi connectivity index (χ4v) is 3.18. The Morgan fingerprint density at radius 1 is 1.18 bits per heavy atom. The van der Waals surface area contributed by atoms with E-state index >= 15 is 0 Å². The van der Waals surface area contributed by atoms with Crippen molar-refractivity contribution in [2.45, 2.75) is 25.7 Å². The molecule has 2 aromatic rings. The van der Waals surface area contributed by atoms with Crippen LogP contribution in [0.2, 0.25) is 0 Å². The minimum Gasteiger partial charge on any atom is -0.423 e. The molecule has 17 heavy (non-hydrogen) atoms. The highest BCUT2D eigenvalue weighted by atomic mass is 16.4. The van der Waals surface area contributed by atoms with Crippen LogP contribution in [0.4, 0.5) is 6.01 Å². The van der Waals surface area contributed by atoms with Crippen LogP contribution in [-0.4, -0.2) is 18.1 Å². The molecule has 0 atom stereocenters. The zero-order valence-corrected chi connectivity index (χ0v) is 9.85. The lowest BCUT2D eigenvalue weighted by Crippen LogP contribution is -2.33. The SMILES string of the molecule is c1ccc2oc(N3CCC4(CCC4)C3)nc2c1. The number of hydrogen-bond acceptors (Lipinski definition) is 3. The monoisotopic (exact) mass is 228 g/mol. The molecule has 1 aliphatic heterocycles. The molecule has 4 rings (SSSR count). The molecule has 1 aliphatic carbocycles. The first kappa shape index (κ1) is 9.51. The Hall–Kier alpha value is -1.51. The molecule has 1 saturated heterocycles. The summed E-state index contributed by atoms with van der Waals surface area (Å²) in [6.07, 6.45) is 5.50. The molecule has 0 unspecified atom stereocenters. The third-order valence-corrected chi connectivity index (χ3v) is 4.41. The molecule has 2 heterocycles. The first-order chi connectivity index (χ1) is 8.35. The maximum Gasteiger partial charge on any atom is 0.298 e. The molecule has 0 radical (unpaired) electrons. The Labute approximate surface area is 100 Å². The van der Waals surface area contributed by atoms with E-state index in [1.807, 2.05) is 24.3 Å². The summed E-state index contributed by atoms with van der Waals surface area (Å²) >= 11 is 0. The Balaban J connectivity index is 1.66. The van der Waals surface area contributed by atoms with Crippen molar-refractivity contribution < 1.29 is 4.42 Å². The van der Waals surface area contributed by atoms with Crippen LogP contribution in [0.3, 0.4) is 0 Å². The van der Waals surface area contributed by atoms with Gasteiger partial charge in [0.2, 0.25) is 0 Å². The van der Waals surface area contributed by atoms with E-state index in [0.29, 0.717) is 5.41 Å². The summed E-state index contributed by atoms with van der Waals surface area (Å²) in [5.41, 5.74) is 2.47. The zero-order valence-electron chi connectivity index (χ0n) is 9.85. The lowest BCUT2D eigenvalue weighted by atomic mass is 9.68. The van der Waals surface area contributed by atoms with Gasteiger partial charge >= 0.3 is 0 Å². The van der Waals surface area contributed by atoms with Crippen molar-refractivity contribution in [1.29, 1.82) is 0 Å². The fraction of sp³-hybridized carbons (Fsp3) is 0.500. The van der Waals surface area contributed by atoms with Gasteiger partial charge in [-0.3, -0.25) is 0 Å². The van der Waals surface area contributed by atoms with Gasteiger partial charge in [0.15, 0.2) is 5.58 Å². The summed E-state index contributed by atoms with van der Waals surface area (Å²) in [5.74, 6) is 0. The van der Waals surface area contributed by atoms with Crippen LogP contribution in [0.15, 0.2) is 28.7 Å². The summed E-state index contributed by atoms with van der Waals surface area (Å²) in [4.78, 5) is 6.90. The predicted molar refractivity (Wildman–Crippen MR) is 67.1 cm³/mol. The van der Waals surface area contributed by atoms with Gasteiger partial charge in [0.1, 0.15) is 5.52 Å². The van der Waals surface area contributed by atoms with Crippen molar-refractivity contribution in [2.75, 3.05) is 18.0 Å². The van der Waals surface area contributed by atoms with Crippen molar-refractivity contribution in [2.24, 2.45) is 5.41 Å². The van der Waals surface area contributed by atoms with Gasteiger partial charge in [-0.05, 0) is 36.8 Å². The number of oxazole rings is 1. The minimum atomic E-state index is 0.598. The highest BCUT2D eigenvalue weighted by molar-refractivity contribution is 5.74. The van der Waals surface area contributed by atoms with E-state index in [2.05, 4.69) is 9.88 Å². The van der Waals surface area contributed by atoms with Crippen molar-refractivity contribution >= 4 is 17.1 Å². The number of rotatable bonds is 1. The Morgan fingerprint density at radius 2 is 2.06 bits per heavy atom. The first-order valence-electron chi connectivity index (χ1n) is 6.45. The molecule has 1 aromatic heterocycles. The number of benzene rings is 1. The molecule has 1 saturated carbocycles. The number of para-hydroxylation sites is 2. The Bertz CT molecular complexity index is 523. The molecule has 3 nitrogen and oxygen atoms in total. The summed E-state index contributed by atoms with van der Waals surface area (Å²) in [6.45, 7) is 2.24. The molecule has 2 fully saturated rings. The van der Waals surface area contributed by atoms with E-state index in [1.165, 1.54) is 25.7 Å². The molecule has 0 bridgehead atoms. The van der Waals surface area contributed by atoms with E-state index in [4.69, 9.17) is 4.42 Å². The van der Waals surface area contributed by atoms with Gasteiger partial charge in [-0.25, -0.2) is 0 Å². The highest BCUT2D eigenvalue weighted by Gasteiger charge is 2.43. The number of fused-ring (bicyclic) bond motifs is 1. The lowest BCUT2D eigenvalue weighted by molar-refractivity contribution is 0.165. The van der Waals surface area contributed by atoms with E-state index in [1.54, 1.807) is 0 Å². The van der Waals surface area contributed by atoms with Gasteiger partial charge in [-0.2, -0.15) is 4.98 Å². The summed E-state index contributed by atoms with van der Waals surface area (Å²) in [6, 6.07) is 8.81. The smallest absolute Gasteiger partial charge is 0.298 e. The van der Waals surface area contributed by atoms with Crippen molar-refractivity contribution in [3.05, 3.63) is 24.3 Å². The van der Waals surface area contributed by atoms with Crippen LogP contribution in [0.5, 0.6) is 0 Å². The van der Waals surface area contributed by atoms with E-state index in [9.17, 15) is 0 Å². The van der Waals surface area contributed by atoms with Crippen molar-refractivity contribution in [3.8, 4) is 0 Å². The summed E-state index contributed by atoms with van der Waals surface area (Å²) < 4.78 is 5.83. The standard InChI is InChI=1S/C14H16N2O/c1-2-5-12-11(4-1)15-13(17-12)16-9-8-14(10-16)6-3-7-14/h1-2,4-5H,3,6-10H2. The molecule has 1 spiro atoms. The average Bonchev–Trinajstić information content (AvgIpc) is 2.92. The zero-order chi connectivity index (χ0) is 11.3. The second kappa shape index (κ2) is 3.25. The van der Waals surface area contributed by atoms with E-state index < -0.39 is 0 Å². The molecule has 3 heteroatoms. The second-order valence-electron chi connectivity index (χ2n) is 5.49. The van der Waals surface area contributed by atoms with Gasteiger partial charge in [-0.1, -0.05) is 18.6 Å². The molecular weight excluding hydrogens is 212 g/mol. The van der Waals surface area contributed by atoms with Gasteiger partial charge in [0, 0.05) is 13.1 Å². The number of aromatic nitrogens is 1. The number of hydrogen-bond donors (Lipinski definition) is 0. The predicted octanol–water partition coefficient (Wildman–Crippen LogP) is 3.21. The van der Waals surface area contributed by atoms with Crippen LogP contribution in [-0.2, 0) is 0 Å². The van der Waals surface area contributed by atoms with Crippen LogP contribution in [0.1, 0.15) is 25.7 Å². The molecule has 0 amide bonds. The maximum atomic E-state index is 5.83. The van der Waals surface area contributed by atoms with Crippen molar-refractivity contribution in [3.63, 3.8) is 0 Å². The topological polar surface area (TPSA) is 29.3 Å². The normalized spacial score (nSPS) is 22.2. The molecule has 88 valence electrons.